The van der Waals surface area contributed by atoms with Gasteiger partial charge in [0.2, 0.25) is 0 Å². The molecule has 0 bridgehead atoms. The number of nitrogens with zero attached hydrogens (tertiary/aromatic N) is 1. The number of allylic oxidation sites excluding steroid dienone is 2. The van der Waals surface area contributed by atoms with Gasteiger partial charge in [0.05, 0.1) is 0 Å². The topological polar surface area (TPSA) is 41.5 Å². The Hall–Kier alpha value is -1.97. The van der Waals surface area contributed by atoms with Crippen molar-refractivity contribution in [3.63, 3.8) is 0 Å². The van der Waals surface area contributed by atoms with Gasteiger partial charge in [-0.25, -0.2) is 9.82 Å². The van der Waals surface area contributed by atoms with Crippen LogP contribution < -0.4 is 5.43 Å². The first-order chi connectivity index (χ1) is 8.74. The van der Waals surface area contributed by atoms with Crippen molar-refractivity contribution in [2.24, 2.45) is 16.9 Å². The van der Waals surface area contributed by atoms with Crippen LogP contribution in [0.2, 0.25) is 0 Å². The molecule has 0 unspecified atom stereocenters. The fraction of sp³-hybridized carbons (Fsp3) is 0.286. The van der Waals surface area contributed by atoms with Gasteiger partial charge in [-0.1, -0.05) is 12.2 Å². The number of fused-ring (bicyclic) bond motifs is 1. The van der Waals surface area contributed by atoms with Gasteiger partial charge in [-0.3, -0.25) is 4.79 Å². The highest BCUT2D eigenvalue weighted by molar-refractivity contribution is 5.98. The Kier molecular flexibility index (Phi) is 2.70. The highest BCUT2D eigenvalue weighted by Crippen LogP contribution is 2.40. The molecule has 92 valence electrons. The molecule has 0 aliphatic heterocycles. The van der Waals surface area contributed by atoms with Crippen molar-refractivity contribution in [3.8, 4) is 0 Å². The second kappa shape index (κ2) is 4.37. The van der Waals surface area contributed by atoms with Gasteiger partial charge in [0.25, 0.3) is 5.91 Å². The molecule has 18 heavy (non-hydrogen) atoms. The summed E-state index contributed by atoms with van der Waals surface area (Å²) in [6, 6.07) is 5.43. The first-order valence-electron chi connectivity index (χ1n) is 6.03. The average Bonchev–Trinajstić information content (AvgIpc) is 2.72. The van der Waals surface area contributed by atoms with Gasteiger partial charge in [-0.05, 0) is 43.0 Å². The molecule has 0 saturated heterocycles. The van der Waals surface area contributed by atoms with Crippen LogP contribution in [-0.4, -0.2) is 11.6 Å². The van der Waals surface area contributed by atoms with Crippen molar-refractivity contribution in [1.82, 2.24) is 5.43 Å². The van der Waals surface area contributed by atoms with E-state index in [4.69, 9.17) is 0 Å². The minimum Gasteiger partial charge on any atom is -0.267 e. The molecule has 1 aromatic carbocycles. The molecule has 2 atom stereocenters. The van der Waals surface area contributed by atoms with Crippen molar-refractivity contribution in [1.29, 1.82) is 0 Å². The Morgan fingerprint density at radius 3 is 2.83 bits per heavy atom. The summed E-state index contributed by atoms with van der Waals surface area (Å²) in [6.45, 7) is 0. The molecule has 3 nitrogen and oxygen atoms in total. The van der Waals surface area contributed by atoms with Gasteiger partial charge in [-0.2, -0.15) is 5.10 Å². The average molecular weight is 244 g/mol. The largest absolute Gasteiger partial charge is 0.271 e. The zero-order valence-corrected chi connectivity index (χ0v) is 9.77. The second-order valence-electron chi connectivity index (χ2n) is 4.69. The minimum absolute atomic E-state index is 0.295. The summed E-state index contributed by atoms with van der Waals surface area (Å²) in [5.41, 5.74) is 4.01. The highest BCUT2D eigenvalue weighted by Gasteiger charge is 2.37. The fourth-order valence-electron chi connectivity index (χ4n) is 2.45. The lowest BCUT2D eigenvalue weighted by molar-refractivity contribution is 0.0954. The first-order valence-corrected chi connectivity index (χ1v) is 6.03. The van der Waals surface area contributed by atoms with Crippen LogP contribution in [0.3, 0.4) is 0 Å². The lowest BCUT2D eigenvalue weighted by atomic mass is 9.74. The second-order valence-corrected chi connectivity index (χ2v) is 4.69. The lowest BCUT2D eigenvalue weighted by Crippen LogP contribution is -2.35. The summed E-state index contributed by atoms with van der Waals surface area (Å²) in [4.78, 5) is 11.7. The molecule has 0 aromatic heterocycles. The summed E-state index contributed by atoms with van der Waals surface area (Å²) >= 11 is 0. The Morgan fingerprint density at radius 2 is 2.11 bits per heavy atom. The van der Waals surface area contributed by atoms with Crippen molar-refractivity contribution >= 4 is 11.6 Å². The standard InChI is InChI=1S/C14H13FN2O/c15-11-6-4-9(5-7-11)14(18)17-16-13-8-10-2-1-3-12(10)13/h1-2,4-7,10,12H,3,8H2,(H,17,18)/b16-13+/t10-,12-/m0/s1. The van der Waals surface area contributed by atoms with E-state index in [2.05, 4.69) is 22.7 Å². The highest BCUT2D eigenvalue weighted by atomic mass is 19.1. The van der Waals surface area contributed by atoms with Crippen LogP contribution in [0.5, 0.6) is 0 Å². The van der Waals surface area contributed by atoms with E-state index in [9.17, 15) is 9.18 Å². The van der Waals surface area contributed by atoms with Gasteiger partial charge in [0, 0.05) is 17.2 Å². The number of hydrogen-bond acceptors (Lipinski definition) is 2. The summed E-state index contributed by atoms with van der Waals surface area (Å²) in [5.74, 6) is 0.457. The van der Waals surface area contributed by atoms with Crippen molar-refractivity contribution in [3.05, 3.63) is 47.8 Å². The lowest BCUT2D eigenvalue weighted by Gasteiger charge is -2.31. The zero-order chi connectivity index (χ0) is 12.5. The molecule has 3 rings (SSSR count). The molecule has 1 saturated carbocycles. The zero-order valence-electron chi connectivity index (χ0n) is 9.77. The summed E-state index contributed by atoms with van der Waals surface area (Å²) < 4.78 is 12.7. The number of carbonyl (C=O) groups excluding carboxylic acids is 1. The normalized spacial score (nSPS) is 26.8. The molecule has 0 radical (unpaired) electrons. The third-order valence-corrected chi connectivity index (χ3v) is 3.57. The smallest absolute Gasteiger partial charge is 0.267 e. The number of hydrazone groups is 1. The predicted octanol–water partition coefficient (Wildman–Crippen LogP) is 2.51. The van der Waals surface area contributed by atoms with Gasteiger partial charge >= 0.3 is 0 Å². The number of hydrogen-bond donors (Lipinski definition) is 1. The maximum absolute atomic E-state index is 12.7. The Labute approximate surface area is 104 Å². The maximum Gasteiger partial charge on any atom is 0.271 e. The SMILES string of the molecule is O=C(N/N=C1\C[C@@H]2C=CC[C@H]12)c1ccc(F)cc1. The molecule has 0 heterocycles. The molecule has 1 amide bonds. The number of amides is 1. The quantitative estimate of drug-likeness (QED) is 0.630. The minimum atomic E-state index is -0.350. The fourth-order valence-corrected chi connectivity index (χ4v) is 2.45. The summed E-state index contributed by atoms with van der Waals surface area (Å²) in [5, 5.41) is 4.15. The monoisotopic (exact) mass is 244 g/mol. The maximum atomic E-state index is 12.7. The third-order valence-electron chi connectivity index (χ3n) is 3.57. The van der Waals surface area contributed by atoms with Gasteiger partial charge < -0.3 is 0 Å². The Morgan fingerprint density at radius 1 is 1.33 bits per heavy atom. The van der Waals surface area contributed by atoms with E-state index in [1.165, 1.54) is 24.3 Å². The number of benzene rings is 1. The van der Waals surface area contributed by atoms with E-state index < -0.39 is 0 Å². The Balaban J connectivity index is 1.62. The van der Waals surface area contributed by atoms with Crippen LogP contribution in [-0.2, 0) is 0 Å². The van der Waals surface area contributed by atoms with Crippen molar-refractivity contribution in [2.75, 3.05) is 0 Å². The van der Waals surface area contributed by atoms with Crippen molar-refractivity contribution in [2.45, 2.75) is 12.8 Å². The summed E-state index contributed by atoms with van der Waals surface area (Å²) in [7, 11) is 0. The summed E-state index contributed by atoms with van der Waals surface area (Å²) in [6.07, 6.45) is 6.34. The van der Waals surface area contributed by atoms with E-state index in [-0.39, 0.29) is 11.7 Å². The first kappa shape index (κ1) is 11.1. The van der Waals surface area contributed by atoms with Crippen LogP contribution in [0.4, 0.5) is 4.39 Å². The molecule has 1 fully saturated rings. The van der Waals surface area contributed by atoms with Crippen LogP contribution in [0.1, 0.15) is 23.2 Å². The third kappa shape index (κ3) is 1.94. The Bertz CT molecular complexity index is 533. The van der Waals surface area contributed by atoms with Crippen LogP contribution in [0, 0.1) is 17.7 Å². The van der Waals surface area contributed by atoms with Gasteiger partial charge in [-0.15, -0.1) is 0 Å². The van der Waals surface area contributed by atoms with E-state index in [0.29, 0.717) is 17.4 Å². The molecular formula is C14H13FN2O. The van der Waals surface area contributed by atoms with Crippen molar-refractivity contribution < 1.29 is 9.18 Å². The number of carbonyl (C=O) groups is 1. The van der Waals surface area contributed by atoms with Crippen LogP contribution in [0.15, 0.2) is 41.5 Å². The number of nitrogens with one attached hydrogen (secondary N) is 1. The van der Waals surface area contributed by atoms with Gasteiger partial charge in [0.1, 0.15) is 5.82 Å². The van der Waals surface area contributed by atoms with E-state index >= 15 is 0 Å². The van der Waals surface area contributed by atoms with E-state index in [1.807, 2.05) is 0 Å². The molecular weight excluding hydrogens is 231 g/mol. The molecule has 1 N–H and O–H groups in total. The molecule has 2 aliphatic carbocycles. The molecule has 2 aliphatic rings. The molecule has 0 spiro atoms. The molecule has 1 aromatic rings. The van der Waals surface area contributed by atoms with Crippen LogP contribution >= 0.6 is 0 Å². The molecule has 4 heteroatoms. The van der Waals surface area contributed by atoms with Crippen LogP contribution in [0.25, 0.3) is 0 Å². The number of halogens is 1. The van der Waals surface area contributed by atoms with Gasteiger partial charge in [0.15, 0.2) is 0 Å². The van der Waals surface area contributed by atoms with E-state index in [0.717, 1.165) is 18.6 Å². The number of rotatable bonds is 2. The van der Waals surface area contributed by atoms with E-state index in [1.54, 1.807) is 0 Å². The predicted molar refractivity (Wildman–Crippen MR) is 66.7 cm³/mol.